The quantitative estimate of drug-likeness (QED) is 0.710. The van der Waals surface area contributed by atoms with Gasteiger partial charge in [-0.05, 0) is 0 Å². The summed E-state index contributed by atoms with van der Waals surface area (Å²) in [4.78, 5) is 22.1. The molecule has 8 heteroatoms. The third-order valence-corrected chi connectivity index (χ3v) is 3.26. The zero-order chi connectivity index (χ0) is 13.1. The summed E-state index contributed by atoms with van der Waals surface area (Å²) in [5.41, 5.74) is -3.54. The average Bonchev–Trinajstić information content (AvgIpc) is 2.12. The standard InChI is InChI=1S/C9H9F4NO3/c10-8-1-7(2-8,6(16)17)3-14(4-8)5(15)9(11,12)13/h1-4H2,(H,16,17). The summed E-state index contributed by atoms with van der Waals surface area (Å²) in [5.74, 6) is -3.53. The molecule has 3 rings (SSSR count). The van der Waals surface area contributed by atoms with Crippen LogP contribution in [0.1, 0.15) is 12.8 Å². The van der Waals surface area contributed by atoms with Gasteiger partial charge in [-0.2, -0.15) is 13.2 Å². The minimum absolute atomic E-state index is 0.251. The first-order valence-corrected chi connectivity index (χ1v) is 4.87. The summed E-state index contributed by atoms with van der Waals surface area (Å²) in [6, 6.07) is 0. The average molecular weight is 255 g/mol. The maximum absolute atomic E-state index is 13.7. The second-order valence-corrected chi connectivity index (χ2v) is 4.75. The number of carboxylic acids is 1. The molecule has 0 radical (unpaired) electrons. The van der Waals surface area contributed by atoms with Gasteiger partial charge in [-0.3, -0.25) is 9.59 Å². The molecule has 2 bridgehead atoms. The molecule has 1 aliphatic carbocycles. The highest BCUT2D eigenvalue weighted by Crippen LogP contribution is 2.55. The zero-order valence-electron chi connectivity index (χ0n) is 8.55. The van der Waals surface area contributed by atoms with Crippen molar-refractivity contribution in [1.82, 2.24) is 4.90 Å². The third-order valence-electron chi connectivity index (χ3n) is 3.26. The van der Waals surface area contributed by atoms with E-state index in [4.69, 9.17) is 5.11 Å². The van der Waals surface area contributed by atoms with E-state index < -0.39 is 42.2 Å². The molecule has 0 aromatic rings. The molecule has 1 amide bonds. The van der Waals surface area contributed by atoms with Gasteiger partial charge in [0, 0.05) is 19.4 Å². The molecule has 17 heavy (non-hydrogen) atoms. The molecule has 4 nitrogen and oxygen atoms in total. The second kappa shape index (κ2) is 3.11. The van der Waals surface area contributed by atoms with E-state index in [9.17, 15) is 27.2 Å². The van der Waals surface area contributed by atoms with Crippen LogP contribution in [0.25, 0.3) is 0 Å². The van der Waals surface area contributed by atoms with Crippen molar-refractivity contribution in [3.8, 4) is 0 Å². The van der Waals surface area contributed by atoms with Crippen LogP contribution in [-0.4, -0.2) is 46.8 Å². The lowest BCUT2D eigenvalue weighted by Crippen LogP contribution is -2.69. The predicted octanol–water partition coefficient (Wildman–Crippen LogP) is 0.964. The summed E-state index contributed by atoms with van der Waals surface area (Å²) in [6.45, 7) is -1.26. The number of amides is 1. The SMILES string of the molecule is O=C(N1CC2(F)CC(C(=O)O)(C1)C2)C(F)(F)F. The Kier molecular flexibility index (Phi) is 2.22. The van der Waals surface area contributed by atoms with E-state index in [1.54, 1.807) is 0 Å². The van der Waals surface area contributed by atoms with Crippen LogP contribution in [0.15, 0.2) is 0 Å². The Morgan fingerprint density at radius 1 is 1.18 bits per heavy atom. The van der Waals surface area contributed by atoms with Crippen molar-refractivity contribution >= 4 is 11.9 Å². The van der Waals surface area contributed by atoms with E-state index >= 15 is 0 Å². The van der Waals surface area contributed by atoms with E-state index in [2.05, 4.69) is 0 Å². The van der Waals surface area contributed by atoms with Crippen LogP contribution in [0, 0.1) is 5.41 Å². The smallest absolute Gasteiger partial charge is 0.471 e. The fourth-order valence-electron chi connectivity index (χ4n) is 2.69. The fraction of sp³-hybridized carbons (Fsp3) is 0.778. The Morgan fingerprint density at radius 2 is 1.71 bits per heavy atom. The molecular formula is C9H9F4NO3. The normalized spacial score (nSPS) is 36.4. The van der Waals surface area contributed by atoms with Crippen LogP contribution in [0.3, 0.4) is 0 Å². The number of halogens is 4. The Bertz CT molecular complexity index is 386. The highest BCUT2D eigenvalue weighted by atomic mass is 19.4. The van der Waals surface area contributed by atoms with E-state index in [0.29, 0.717) is 0 Å². The number of carbonyl (C=O) groups is 2. The summed E-state index contributed by atoms with van der Waals surface area (Å²) in [7, 11) is 0. The molecule has 0 unspecified atom stereocenters. The van der Waals surface area contributed by atoms with Crippen LogP contribution in [0.4, 0.5) is 17.6 Å². The highest BCUT2D eigenvalue weighted by Gasteiger charge is 2.66. The lowest BCUT2D eigenvalue weighted by molar-refractivity contribution is -0.213. The van der Waals surface area contributed by atoms with Crippen LogP contribution < -0.4 is 0 Å². The van der Waals surface area contributed by atoms with E-state index in [-0.39, 0.29) is 17.7 Å². The van der Waals surface area contributed by atoms with Crippen molar-refractivity contribution in [2.75, 3.05) is 13.1 Å². The van der Waals surface area contributed by atoms with Gasteiger partial charge in [-0.15, -0.1) is 0 Å². The third kappa shape index (κ3) is 1.75. The van der Waals surface area contributed by atoms with Crippen LogP contribution >= 0.6 is 0 Å². The van der Waals surface area contributed by atoms with Gasteiger partial charge < -0.3 is 10.0 Å². The minimum Gasteiger partial charge on any atom is -0.481 e. The molecule has 1 N–H and O–H groups in total. The number of aliphatic carboxylic acids is 1. The van der Waals surface area contributed by atoms with Gasteiger partial charge in [0.15, 0.2) is 0 Å². The van der Waals surface area contributed by atoms with Crippen molar-refractivity contribution in [1.29, 1.82) is 0 Å². The lowest BCUT2D eigenvalue weighted by atomic mass is 9.57. The summed E-state index contributed by atoms with van der Waals surface area (Å²) >= 11 is 0. The topological polar surface area (TPSA) is 57.6 Å². The molecule has 3 fully saturated rings. The van der Waals surface area contributed by atoms with Gasteiger partial charge in [0.05, 0.1) is 12.0 Å². The first-order chi connectivity index (χ1) is 7.58. The van der Waals surface area contributed by atoms with Gasteiger partial charge in [0.1, 0.15) is 5.67 Å². The molecule has 0 aromatic heterocycles. The van der Waals surface area contributed by atoms with Crippen molar-refractivity contribution in [2.45, 2.75) is 24.7 Å². The molecule has 0 spiro atoms. The number of alkyl halides is 4. The molecule has 3 aliphatic rings. The lowest BCUT2D eigenvalue weighted by Gasteiger charge is -2.57. The summed E-state index contributed by atoms with van der Waals surface area (Å²) in [6.07, 6.45) is -5.74. The summed E-state index contributed by atoms with van der Waals surface area (Å²) < 4.78 is 50.2. The number of carbonyl (C=O) groups excluding carboxylic acids is 1. The van der Waals surface area contributed by atoms with Crippen LogP contribution in [0.5, 0.6) is 0 Å². The molecule has 96 valence electrons. The van der Waals surface area contributed by atoms with E-state index in [0.717, 1.165) is 0 Å². The molecule has 1 saturated carbocycles. The maximum atomic E-state index is 13.7. The van der Waals surface area contributed by atoms with E-state index in [1.807, 2.05) is 0 Å². The number of nitrogens with zero attached hydrogens (tertiary/aromatic N) is 1. The molecule has 0 atom stereocenters. The van der Waals surface area contributed by atoms with Crippen molar-refractivity contribution < 1.29 is 32.3 Å². The van der Waals surface area contributed by atoms with Crippen molar-refractivity contribution in [2.24, 2.45) is 5.41 Å². The largest absolute Gasteiger partial charge is 0.481 e. The van der Waals surface area contributed by atoms with Crippen molar-refractivity contribution in [3.63, 3.8) is 0 Å². The summed E-state index contributed by atoms with van der Waals surface area (Å²) in [5, 5.41) is 8.87. The first-order valence-electron chi connectivity index (χ1n) is 4.87. The van der Waals surface area contributed by atoms with E-state index in [1.165, 1.54) is 0 Å². The molecule has 2 heterocycles. The minimum atomic E-state index is -5.10. The highest BCUT2D eigenvalue weighted by molar-refractivity contribution is 5.85. The zero-order valence-corrected chi connectivity index (χ0v) is 8.55. The molecule has 2 aliphatic heterocycles. The number of fused-ring (bicyclic) bond motifs is 2. The van der Waals surface area contributed by atoms with Crippen molar-refractivity contribution in [3.05, 3.63) is 0 Å². The Morgan fingerprint density at radius 3 is 2.12 bits per heavy atom. The van der Waals surface area contributed by atoms with Crippen LogP contribution in [0.2, 0.25) is 0 Å². The van der Waals surface area contributed by atoms with Gasteiger partial charge in [0.25, 0.3) is 0 Å². The number of piperidine rings is 2. The number of carboxylic acid groups (broad SMARTS) is 1. The van der Waals surface area contributed by atoms with Gasteiger partial charge in [-0.25, -0.2) is 4.39 Å². The Labute approximate surface area is 93.2 Å². The predicted molar refractivity (Wildman–Crippen MR) is 45.8 cm³/mol. The molecular weight excluding hydrogens is 246 g/mol. The van der Waals surface area contributed by atoms with Gasteiger partial charge in [-0.1, -0.05) is 0 Å². The van der Waals surface area contributed by atoms with Gasteiger partial charge >= 0.3 is 18.1 Å². The number of rotatable bonds is 1. The monoisotopic (exact) mass is 255 g/mol. The molecule has 2 saturated heterocycles. The Hall–Kier alpha value is -1.34. The van der Waals surface area contributed by atoms with Gasteiger partial charge in [0.2, 0.25) is 0 Å². The first kappa shape index (κ1) is 12.1. The maximum Gasteiger partial charge on any atom is 0.471 e. The fourth-order valence-corrected chi connectivity index (χ4v) is 2.69. The second-order valence-electron chi connectivity index (χ2n) is 4.75. The molecule has 0 aromatic carbocycles. The number of hydrogen-bond donors (Lipinski definition) is 1. The Balaban J connectivity index is 2.19. The number of hydrogen-bond acceptors (Lipinski definition) is 2. The van der Waals surface area contributed by atoms with Crippen LogP contribution in [-0.2, 0) is 9.59 Å².